The normalized spacial score (nSPS) is 2.29. The van der Waals surface area contributed by atoms with Crippen LogP contribution in [0.1, 0.15) is 2.85 Å². The molecule has 0 aromatic rings. The van der Waals surface area contributed by atoms with Crippen molar-refractivity contribution < 1.29 is 18.1 Å². The highest BCUT2D eigenvalue weighted by atomic mass is 32.1. The van der Waals surface area contributed by atoms with Gasteiger partial charge in [-0.15, -0.1) is 0 Å². The lowest BCUT2D eigenvalue weighted by Crippen LogP contribution is -1.72. The zero-order valence-electron chi connectivity index (χ0n) is 5.57. The second-order valence-electron chi connectivity index (χ2n) is 0. The van der Waals surface area contributed by atoms with Crippen LogP contribution < -0.4 is 11.8 Å². The maximum absolute atomic E-state index is 8.00. The fraction of sp³-hybridized carbons (Fsp3) is 0. The van der Waals surface area contributed by atoms with Gasteiger partial charge in [-0.05, 0) is 0 Å². The van der Waals surface area contributed by atoms with Crippen molar-refractivity contribution in [1.29, 1.82) is 0 Å². The van der Waals surface area contributed by atoms with Crippen LogP contribution in [0.2, 0.25) is 0 Å². The molecule has 0 spiro atoms. The molecule has 0 bridgehead atoms. The molecule has 0 saturated carbocycles. The summed E-state index contributed by atoms with van der Waals surface area (Å²) in [5.41, 5.74) is 0. The first-order valence-corrected chi connectivity index (χ1v) is 0.805. The minimum atomic E-state index is 0. The lowest BCUT2D eigenvalue weighted by molar-refractivity contribution is -0.0979. The summed E-state index contributed by atoms with van der Waals surface area (Å²) < 4.78 is 0. The zero-order chi connectivity index (χ0) is 6.00. The Labute approximate surface area is 51.3 Å². The number of rotatable bonds is 0. The third-order valence-corrected chi connectivity index (χ3v) is 0. The second-order valence-corrected chi connectivity index (χ2v) is 0. The first-order valence-electron chi connectivity index (χ1n) is 0.805. The number of carbonyl (C=O) groups excluding carboxylic acids is 1. The smallest absolute Gasteiger partial charge is 1.00 e. The first kappa shape index (κ1) is 28.8. The predicted molar refractivity (Wildman–Crippen MR) is 28.7 cm³/mol. The van der Waals surface area contributed by atoms with E-state index in [-0.39, 0.29) is 16.3 Å². The van der Waals surface area contributed by atoms with Gasteiger partial charge in [0.1, 0.15) is 6.79 Å². The Balaban J connectivity index is -0.00000000321. The maximum atomic E-state index is 8.00. The van der Waals surface area contributed by atoms with Crippen molar-refractivity contribution >= 4 is 20.3 Å². The first-order chi connectivity index (χ1) is 3.00. The molecule has 0 fully saturated rings. The van der Waals surface area contributed by atoms with Gasteiger partial charge in [-0.3, -0.25) is 0 Å². The molecule has 5 nitrogen and oxygen atoms in total. The minimum Gasteiger partial charge on any atom is -2.00 e. The van der Waals surface area contributed by atoms with E-state index in [2.05, 4.69) is 11.8 Å². The van der Waals surface area contributed by atoms with E-state index in [0.29, 0.717) is 0 Å². The van der Waals surface area contributed by atoms with Gasteiger partial charge in [-0.2, -0.15) is 0 Å². The molecule has 6 heteroatoms. The molecule has 0 aromatic carbocycles. The largest absolute Gasteiger partial charge is 2.00 e. The molecule has 0 amide bonds. The number of hydrogen-bond acceptors (Lipinski definition) is 5. The van der Waals surface area contributed by atoms with E-state index in [1.165, 1.54) is 0 Å². The van der Waals surface area contributed by atoms with Crippen molar-refractivity contribution in [1.82, 2.24) is 0 Å². The SMILES string of the molecule is C=O.NO.NO.[H+].[H+].[S-2]. The van der Waals surface area contributed by atoms with Crippen LogP contribution in [0.25, 0.3) is 0 Å². The standard InChI is InChI=1S/CH2O.2H3NO.S/c3*1-2;/h1H2;2*2H,1H2;/q;;;-2/p+2. The van der Waals surface area contributed by atoms with Crippen LogP contribution >= 0.6 is 0 Å². The van der Waals surface area contributed by atoms with Crippen LogP contribution in [-0.2, 0) is 18.3 Å². The summed E-state index contributed by atoms with van der Waals surface area (Å²) in [5.74, 6) is 7.00. The second kappa shape index (κ2) is 7060. The van der Waals surface area contributed by atoms with E-state index < -0.39 is 0 Å². The number of nitrogens with two attached hydrogens (primary N) is 2. The van der Waals surface area contributed by atoms with Crippen molar-refractivity contribution in [2.75, 3.05) is 0 Å². The Morgan fingerprint density at radius 1 is 1.14 bits per heavy atom. The average Bonchev–Trinajstić information content (AvgIpc) is 1.81. The molecule has 0 radical (unpaired) electrons. The van der Waals surface area contributed by atoms with Gasteiger partial charge in [-0.1, -0.05) is 0 Å². The Kier molecular flexibility index (Phi) is 29100. The Morgan fingerprint density at radius 2 is 1.14 bits per heavy atom. The Hall–Kier alpha value is -0.140. The molecular weight excluding hydrogens is 120 g/mol. The summed E-state index contributed by atoms with van der Waals surface area (Å²) in [6, 6.07) is 0. The van der Waals surface area contributed by atoms with Crippen LogP contribution in [0.5, 0.6) is 0 Å². The summed E-state index contributed by atoms with van der Waals surface area (Å²) in [5, 5.41) is 13.0. The van der Waals surface area contributed by atoms with Crippen LogP contribution in [0.15, 0.2) is 0 Å². The predicted octanol–water partition coefficient (Wildman–Crippen LogP) is -1.29. The molecule has 7 heavy (non-hydrogen) atoms. The molecule has 0 heterocycles. The van der Waals surface area contributed by atoms with E-state index >= 15 is 0 Å². The number of hydrogen-bond donors (Lipinski definition) is 4. The maximum Gasteiger partial charge on any atom is 1.00 e. The Bertz CT molecular complexity index is 19.8. The molecule has 0 unspecified atom stereocenters. The van der Waals surface area contributed by atoms with E-state index in [0.717, 1.165) is 0 Å². The molecule has 0 aliphatic heterocycles. The van der Waals surface area contributed by atoms with Crippen molar-refractivity contribution in [3.05, 3.63) is 0 Å². The van der Waals surface area contributed by atoms with Gasteiger partial charge in [0.15, 0.2) is 0 Å². The highest BCUT2D eigenvalue weighted by molar-refractivity contribution is 7.37. The molecule has 0 rings (SSSR count). The summed E-state index contributed by atoms with van der Waals surface area (Å²) in [4.78, 5) is 8.00. The van der Waals surface area contributed by atoms with Crippen LogP contribution in [-0.4, -0.2) is 17.2 Å². The monoisotopic (exact) mass is 130 g/mol. The molecule has 0 aliphatic carbocycles. The van der Waals surface area contributed by atoms with Crippen LogP contribution in [0.4, 0.5) is 0 Å². The van der Waals surface area contributed by atoms with Gasteiger partial charge in [0, 0.05) is 0 Å². The van der Waals surface area contributed by atoms with Crippen molar-refractivity contribution in [2.24, 2.45) is 11.8 Å². The minimum absolute atomic E-state index is 0. The van der Waals surface area contributed by atoms with Gasteiger partial charge >= 0.3 is 2.85 Å². The van der Waals surface area contributed by atoms with Crippen molar-refractivity contribution in [2.45, 2.75) is 0 Å². The Morgan fingerprint density at radius 3 is 1.14 bits per heavy atom. The van der Waals surface area contributed by atoms with E-state index in [9.17, 15) is 0 Å². The average molecular weight is 130 g/mol. The molecular formula is CH10N2O3S. The number of carbonyl (C=O) groups is 1. The highest BCUT2D eigenvalue weighted by Crippen LogP contribution is 0.495. The fourth-order valence-electron chi connectivity index (χ4n) is 0. The molecule has 48 valence electrons. The molecule has 0 atom stereocenters. The van der Waals surface area contributed by atoms with Crippen LogP contribution in [0, 0.1) is 0 Å². The van der Waals surface area contributed by atoms with Gasteiger partial charge < -0.3 is 28.7 Å². The molecule has 6 N–H and O–H groups in total. The van der Waals surface area contributed by atoms with Crippen LogP contribution in [0.3, 0.4) is 0 Å². The molecule has 0 aliphatic rings. The van der Waals surface area contributed by atoms with Crippen molar-refractivity contribution in [3.8, 4) is 0 Å². The summed E-state index contributed by atoms with van der Waals surface area (Å²) in [6.45, 7) is 2.00. The third-order valence-electron chi connectivity index (χ3n) is 0. The molecule has 0 saturated heterocycles. The van der Waals surface area contributed by atoms with Gasteiger partial charge in [0.05, 0.1) is 0 Å². The fourth-order valence-corrected chi connectivity index (χ4v) is 0. The lowest BCUT2D eigenvalue weighted by Gasteiger charge is -2.00. The van der Waals surface area contributed by atoms with E-state index in [1.807, 2.05) is 6.79 Å². The van der Waals surface area contributed by atoms with Gasteiger partial charge in [-0.25, -0.2) is 11.8 Å². The van der Waals surface area contributed by atoms with Crippen molar-refractivity contribution in [3.63, 3.8) is 0 Å². The lowest BCUT2D eigenvalue weighted by atomic mass is 11.9. The van der Waals surface area contributed by atoms with Gasteiger partial charge in [0.2, 0.25) is 0 Å². The topological polar surface area (TPSA) is 110 Å². The van der Waals surface area contributed by atoms with Gasteiger partial charge in [0.25, 0.3) is 0 Å². The highest BCUT2D eigenvalue weighted by Gasteiger charge is 0.734. The zero-order valence-corrected chi connectivity index (χ0v) is 4.39. The molecule has 0 aromatic heterocycles. The van der Waals surface area contributed by atoms with E-state index in [1.54, 1.807) is 0 Å². The summed E-state index contributed by atoms with van der Waals surface area (Å²) in [6.07, 6.45) is 0. The summed E-state index contributed by atoms with van der Waals surface area (Å²) in [7, 11) is 0. The quantitative estimate of drug-likeness (QED) is 0.305. The third kappa shape index (κ3) is 4450. The summed E-state index contributed by atoms with van der Waals surface area (Å²) >= 11 is 0. The van der Waals surface area contributed by atoms with E-state index in [4.69, 9.17) is 15.2 Å².